The van der Waals surface area contributed by atoms with Gasteiger partial charge in [-0.05, 0) is 25.8 Å². The minimum Gasteiger partial charge on any atom is -0.399 e. The average molecular weight is 208 g/mol. The van der Waals surface area contributed by atoms with E-state index in [0.717, 1.165) is 25.1 Å². The summed E-state index contributed by atoms with van der Waals surface area (Å²) in [7, 11) is 0. The Morgan fingerprint density at radius 2 is 2.40 bits per heavy atom. The highest BCUT2D eigenvalue weighted by Gasteiger charge is 2.17. The number of hydrogen-bond donors (Lipinski definition) is 1. The van der Waals surface area contributed by atoms with Crippen LogP contribution in [0.2, 0.25) is 0 Å². The highest BCUT2D eigenvalue weighted by Crippen LogP contribution is 2.14. The highest BCUT2D eigenvalue weighted by atomic mass is 16.5. The third kappa shape index (κ3) is 2.21. The molecular formula is C11H16N2O2. The molecule has 1 aliphatic heterocycles. The van der Waals surface area contributed by atoms with Gasteiger partial charge in [-0.3, -0.25) is 4.79 Å². The Kier molecular flexibility index (Phi) is 2.77. The second-order valence-electron chi connectivity index (χ2n) is 4.01. The van der Waals surface area contributed by atoms with Crippen LogP contribution in [0.25, 0.3) is 0 Å². The van der Waals surface area contributed by atoms with E-state index in [1.165, 1.54) is 6.07 Å². The van der Waals surface area contributed by atoms with E-state index in [4.69, 9.17) is 10.5 Å². The van der Waals surface area contributed by atoms with Crippen molar-refractivity contribution in [3.8, 4) is 0 Å². The summed E-state index contributed by atoms with van der Waals surface area (Å²) in [4.78, 5) is 11.7. The maximum absolute atomic E-state index is 11.7. The largest absolute Gasteiger partial charge is 0.399 e. The first-order valence-electron chi connectivity index (χ1n) is 5.25. The van der Waals surface area contributed by atoms with Crippen LogP contribution < -0.4 is 11.3 Å². The molecule has 0 radical (unpaired) electrons. The lowest BCUT2D eigenvalue weighted by atomic mass is 10.2. The molecule has 0 aromatic carbocycles. The van der Waals surface area contributed by atoms with Gasteiger partial charge in [0.2, 0.25) is 0 Å². The summed E-state index contributed by atoms with van der Waals surface area (Å²) in [6.07, 6.45) is 2.31. The fraction of sp³-hybridized carbons (Fsp3) is 0.545. The van der Waals surface area contributed by atoms with Crippen molar-refractivity contribution in [3.63, 3.8) is 0 Å². The molecule has 1 atom stereocenters. The molecule has 0 saturated carbocycles. The first kappa shape index (κ1) is 10.2. The van der Waals surface area contributed by atoms with Crippen LogP contribution in [0.15, 0.2) is 16.9 Å². The number of rotatable bonds is 2. The number of nitrogens with zero attached hydrogens (tertiary/aromatic N) is 1. The third-order valence-electron chi connectivity index (χ3n) is 2.77. The van der Waals surface area contributed by atoms with E-state index in [9.17, 15) is 4.79 Å². The zero-order valence-corrected chi connectivity index (χ0v) is 8.90. The normalized spacial score (nSPS) is 20.7. The Morgan fingerprint density at radius 1 is 1.60 bits per heavy atom. The molecule has 0 spiro atoms. The molecule has 2 heterocycles. The second kappa shape index (κ2) is 4.06. The summed E-state index contributed by atoms with van der Waals surface area (Å²) < 4.78 is 7.23. The minimum atomic E-state index is -0.0389. The number of aryl methyl sites for hydroxylation is 1. The molecule has 1 unspecified atom stereocenters. The first-order valence-corrected chi connectivity index (χ1v) is 5.25. The Hall–Kier alpha value is -1.29. The van der Waals surface area contributed by atoms with E-state index >= 15 is 0 Å². The maximum Gasteiger partial charge on any atom is 0.252 e. The van der Waals surface area contributed by atoms with Gasteiger partial charge in [-0.2, -0.15) is 0 Å². The molecule has 0 amide bonds. The molecule has 0 bridgehead atoms. The zero-order valence-electron chi connectivity index (χ0n) is 8.90. The number of nitrogen functional groups attached to an aromatic ring is 1. The summed E-state index contributed by atoms with van der Waals surface area (Å²) in [5.74, 6) is 0. The van der Waals surface area contributed by atoms with Crippen LogP contribution >= 0.6 is 0 Å². The van der Waals surface area contributed by atoms with Gasteiger partial charge in [0.05, 0.1) is 12.6 Å². The molecule has 82 valence electrons. The van der Waals surface area contributed by atoms with E-state index < -0.39 is 0 Å². The summed E-state index contributed by atoms with van der Waals surface area (Å²) in [5.41, 5.74) is 6.98. The topological polar surface area (TPSA) is 57.2 Å². The van der Waals surface area contributed by atoms with Crippen molar-refractivity contribution in [2.45, 2.75) is 32.4 Å². The van der Waals surface area contributed by atoms with Crippen LogP contribution in [-0.4, -0.2) is 17.3 Å². The van der Waals surface area contributed by atoms with Gasteiger partial charge in [0, 0.05) is 24.1 Å². The number of anilines is 1. The van der Waals surface area contributed by atoms with Gasteiger partial charge in [-0.1, -0.05) is 0 Å². The highest BCUT2D eigenvalue weighted by molar-refractivity contribution is 5.37. The van der Waals surface area contributed by atoms with E-state index in [0.29, 0.717) is 12.2 Å². The van der Waals surface area contributed by atoms with Crippen LogP contribution in [0, 0.1) is 6.92 Å². The number of pyridine rings is 1. The summed E-state index contributed by atoms with van der Waals surface area (Å²) >= 11 is 0. The van der Waals surface area contributed by atoms with Crippen molar-refractivity contribution >= 4 is 5.69 Å². The molecule has 0 aliphatic carbocycles. The molecule has 4 nitrogen and oxygen atoms in total. The molecule has 15 heavy (non-hydrogen) atoms. The monoisotopic (exact) mass is 208 g/mol. The number of nitrogens with two attached hydrogens (primary N) is 1. The minimum absolute atomic E-state index is 0.0389. The second-order valence-corrected chi connectivity index (χ2v) is 4.01. The van der Waals surface area contributed by atoms with Gasteiger partial charge in [-0.25, -0.2) is 0 Å². The molecule has 1 aromatic heterocycles. The number of hydrogen-bond acceptors (Lipinski definition) is 3. The molecule has 1 aliphatic rings. The Bertz CT molecular complexity index is 406. The summed E-state index contributed by atoms with van der Waals surface area (Å²) in [6, 6.07) is 3.28. The van der Waals surface area contributed by atoms with Crippen LogP contribution in [-0.2, 0) is 11.3 Å². The lowest BCUT2D eigenvalue weighted by Crippen LogP contribution is -2.27. The lowest BCUT2D eigenvalue weighted by Gasteiger charge is -2.14. The number of ether oxygens (including phenoxy) is 1. The molecule has 1 fully saturated rings. The van der Waals surface area contributed by atoms with Crippen molar-refractivity contribution in [2.24, 2.45) is 0 Å². The molecule has 2 rings (SSSR count). The lowest BCUT2D eigenvalue weighted by molar-refractivity contribution is 0.0956. The maximum atomic E-state index is 11.7. The molecule has 2 N–H and O–H groups in total. The first-order chi connectivity index (χ1) is 7.16. The SMILES string of the molecule is Cc1cc(N)cc(=O)n1CC1CCCO1. The van der Waals surface area contributed by atoms with Crippen molar-refractivity contribution in [1.82, 2.24) is 4.57 Å². The van der Waals surface area contributed by atoms with E-state index in [1.807, 2.05) is 13.0 Å². The van der Waals surface area contributed by atoms with Crippen molar-refractivity contribution in [3.05, 3.63) is 28.2 Å². The van der Waals surface area contributed by atoms with E-state index in [-0.39, 0.29) is 11.7 Å². The standard InChI is InChI=1S/C11H16N2O2/c1-8-5-9(12)6-11(14)13(8)7-10-3-2-4-15-10/h5-6,10H,2-4,7,12H2,1H3. The zero-order chi connectivity index (χ0) is 10.8. The van der Waals surface area contributed by atoms with Gasteiger partial charge in [0.25, 0.3) is 5.56 Å². The quantitative estimate of drug-likeness (QED) is 0.786. The van der Waals surface area contributed by atoms with Crippen LogP contribution in [0.3, 0.4) is 0 Å². The fourth-order valence-corrected chi connectivity index (χ4v) is 1.98. The van der Waals surface area contributed by atoms with Gasteiger partial charge in [0.1, 0.15) is 0 Å². The summed E-state index contributed by atoms with van der Waals surface area (Å²) in [6.45, 7) is 3.35. The number of aromatic nitrogens is 1. The van der Waals surface area contributed by atoms with Crippen LogP contribution in [0.4, 0.5) is 5.69 Å². The van der Waals surface area contributed by atoms with Gasteiger partial charge < -0.3 is 15.0 Å². The fourth-order valence-electron chi connectivity index (χ4n) is 1.98. The van der Waals surface area contributed by atoms with Crippen molar-refractivity contribution < 1.29 is 4.74 Å². The van der Waals surface area contributed by atoms with Gasteiger partial charge >= 0.3 is 0 Å². The molecule has 4 heteroatoms. The average Bonchev–Trinajstić information content (AvgIpc) is 2.63. The smallest absolute Gasteiger partial charge is 0.252 e. The van der Waals surface area contributed by atoms with Gasteiger partial charge in [0.15, 0.2) is 0 Å². The molecular weight excluding hydrogens is 192 g/mol. The predicted molar refractivity (Wildman–Crippen MR) is 58.8 cm³/mol. The Labute approximate surface area is 88.7 Å². The van der Waals surface area contributed by atoms with Crippen LogP contribution in [0.1, 0.15) is 18.5 Å². The molecule has 1 aromatic rings. The van der Waals surface area contributed by atoms with E-state index in [1.54, 1.807) is 4.57 Å². The van der Waals surface area contributed by atoms with E-state index in [2.05, 4.69) is 0 Å². The van der Waals surface area contributed by atoms with Crippen molar-refractivity contribution in [2.75, 3.05) is 12.3 Å². The van der Waals surface area contributed by atoms with Gasteiger partial charge in [-0.15, -0.1) is 0 Å². The predicted octanol–water partition coefficient (Wildman–Crippen LogP) is 0.918. The summed E-state index contributed by atoms with van der Waals surface area (Å²) in [5, 5.41) is 0. The Morgan fingerprint density at radius 3 is 3.00 bits per heavy atom. The Balaban J connectivity index is 2.23. The third-order valence-corrected chi connectivity index (χ3v) is 2.77. The van der Waals surface area contributed by atoms with Crippen LogP contribution in [0.5, 0.6) is 0 Å². The molecule has 1 saturated heterocycles. The van der Waals surface area contributed by atoms with Crippen molar-refractivity contribution in [1.29, 1.82) is 0 Å².